The number of carbonyl (C=O) groups is 1. The number of hydrogen-bond acceptors (Lipinski definition) is 3. The summed E-state index contributed by atoms with van der Waals surface area (Å²) in [5, 5.41) is 9.58. The number of nitrogens with zero attached hydrogens (tertiary/aromatic N) is 1. The third kappa shape index (κ3) is 3.92. The van der Waals surface area contributed by atoms with Gasteiger partial charge in [-0.05, 0) is 42.8 Å². The molecule has 0 aromatic heterocycles. The van der Waals surface area contributed by atoms with Crippen LogP contribution in [0.4, 0.5) is 4.39 Å². The standard InChI is InChI=1S/C16H15ClFNO4S/c1-11(16(20)21)19(10-12-4-2-3-5-15(12)17)24(22,23)14-8-6-13(18)7-9-14/h2-9,11H,10H2,1H3,(H,20,21). The maximum Gasteiger partial charge on any atom is 0.321 e. The maximum absolute atomic E-state index is 13.0. The number of carboxylic acid groups (broad SMARTS) is 1. The molecule has 2 aromatic carbocycles. The van der Waals surface area contributed by atoms with Gasteiger partial charge in [-0.15, -0.1) is 0 Å². The molecule has 128 valence electrons. The SMILES string of the molecule is CC(C(=O)O)N(Cc1ccccc1Cl)S(=O)(=O)c1ccc(F)cc1. The van der Waals surface area contributed by atoms with Gasteiger partial charge in [-0.3, -0.25) is 4.79 Å². The van der Waals surface area contributed by atoms with E-state index in [1.165, 1.54) is 6.92 Å². The van der Waals surface area contributed by atoms with Crippen LogP contribution in [0.2, 0.25) is 5.02 Å². The largest absolute Gasteiger partial charge is 0.480 e. The van der Waals surface area contributed by atoms with Gasteiger partial charge in [-0.2, -0.15) is 4.31 Å². The van der Waals surface area contributed by atoms with Crippen LogP contribution in [-0.2, 0) is 21.4 Å². The zero-order valence-electron chi connectivity index (χ0n) is 12.7. The Labute approximate surface area is 144 Å². The Balaban J connectivity index is 2.48. The molecule has 24 heavy (non-hydrogen) atoms. The summed E-state index contributed by atoms with van der Waals surface area (Å²) in [4.78, 5) is 11.2. The van der Waals surface area contributed by atoms with E-state index in [1.807, 2.05) is 0 Å². The summed E-state index contributed by atoms with van der Waals surface area (Å²) in [5.74, 6) is -1.88. The first-order valence-electron chi connectivity index (χ1n) is 6.97. The average Bonchev–Trinajstić information content (AvgIpc) is 2.53. The quantitative estimate of drug-likeness (QED) is 0.846. The highest BCUT2D eigenvalue weighted by Gasteiger charge is 2.33. The van der Waals surface area contributed by atoms with Crippen molar-refractivity contribution in [3.8, 4) is 0 Å². The fourth-order valence-corrected chi connectivity index (χ4v) is 3.85. The molecule has 0 radical (unpaired) electrons. The third-order valence-electron chi connectivity index (χ3n) is 3.49. The Morgan fingerprint density at radius 3 is 2.33 bits per heavy atom. The summed E-state index contributed by atoms with van der Waals surface area (Å²) in [6.45, 7) is 1.05. The minimum absolute atomic E-state index is 0.191. The van der Waals surface area contributed by atoms with Crippen molar-refractivity contribution >= 4 is 27.6 Å². The van der Waals surface area contributed by atoms with Crippen LogP contribution in [0.15, 0.2) is 53.4 Å². The van der Waals surface area contributed by atoms with Crippen molar-refractivity contribution in [3.05, 3.63) is 64.9 Å². The second-order valence-corrected chi connectivity index (χ2v) is 7.41. The topological polar surface area (TPSA) is 74.7 Å². The Hall–Kier alpha value is -1.96. The maximum atomic E-state index is 13.0. The third-order valence-corrected chi connectivity index (χ3v) is 5.79. The molecule has 1 atom stereocenters. The Bertz CT molecular complexity index is 839. The molecule has 8 heteroatoms. The smallest absolute Gasteiger partial charge is 0.321 e. The molecule has 0 saturated heterocycles. The second kappa shape index (κ2) is 7.29. The van der Waals surface area contributed by atoms with Gasteiger partial charge < -0.3 is 5.11 Å². The van der Waals surface area contributed by atoms with Crippen LogP contribution in [0.3, 0.4) is 0 Å². The van der Waals surface area contributed by atoms with Crippen molar-refractivity contribution in [3.63, 3.8) is 0 Å². The molecule has 1 unspecified atom stereocenters. The molecule has 1 N–H and O–H groups in total. The molecule has 0 aliphatic carbocycles. The molecule has 0 saturated carbocycles. The van der Waals surface area contributed by atoms with Crippen LogP contribution in [0.1, 0.15) is 12.5 Å². The number of halogens is 2. The predicted molar refractivity (Wildman–Crippen MR) is 87.7 cm³/mol. The van der Waals surface area contributed by atoms with Crippen LogP contribution >= 0.6 is 11.6 Å². The lowest BCUT2D eigenvalue weighted by molar-refractivity contribution is -0.141. The molecular formula is C16H15ClFNO4S. The zero-order valence-corrected chi connectivity index (χ0v) is 14.3. The first-order chi connectivity index (χ1) is 11.2. The van der Waals surface area contributed by atoms with Gasteiger partial charge in [-0.1, -0.05) is 29.8 Å². The summed E-state index contributed by atoms with van der Waals surface area (Å²) >= 11 is 6.05. The van der Waals surface area contributed by atoms with Crippen LogP contribution < -0.4 is 0 Å². The molecule has 0 spiro atoms. The summed E-state index contributed by atoms with van der Waals surface area (Å²) < 4.78 is 39.5. The normalized spacial score (nSPS) is 13.0. The van der Waals surface area contributed by atoms with E-state index in [-0.39, 0.29) is 11.4 Å². The first-order valence-corrected chi connectivity index (χ1v) is 8.79. The molecule has 2 aromatic rings. The number of sulfonamides is 1. The Kier molecular flexibility index (Phi) is 5.58. The number of aliphatic carboxylic acids is 1. The fraction of sp³-hybridized carbons (Fsp3) is 0.188. The van der Waals surface area contributed by atoms with Crippen LogP contribution in [0, 0.1) is 5.82 Å². The zero-order chi connectivity index (χ0) is 17.9. The molecule has 0 aliphatic heterocycles. The lowest BCUT2D eigenvalue weighted by Gasteiger charge is -2.26. The highest BCUT2D eigenvalue weighted by Crippen LogP contribution is 2.24. The van der Waals surface area contributed by atoms with Gasteiger partial charge in [-0.25, -0.2) is 12.8 Å². The van der Waals surface area contributed by atoms with E-state index < -0.39 is 27.9 Å². The molecular weight excluding hydrogens is 357 g/mol. The van der Waals surface area contributed by atoms with Gasteiger partial charge in [0.15, 0.2) is 0 Å². The van der Waals surface area contributed by atoms with Crippen molar-refractivity contribution in [2.75, 3.05) is 0 Å². The van der Waals surface area contributed by atoms with E-state index in [0.717, 1.165) is 28.6 Å². The summed E-state index contributed by atoms with van der Waals surface area (Å²) in [5.41, 5.74) is 0.470. The average molecular weight is 372 g/mol. The van der Waals surface area contributed by atoms with Gasteiger partial charge in [0.2, 0.25) is 10.0 Å². The lowest BCUT2D eigenvalue weighted by Crippen LogP contribution is -2.42. The van der Waals surface area contributed by atoms with Crippen molar-refractivity contribution < 1.29 is 22.7 Å². The van der Waals surface area contributed by atoms with E-state index in [2.05, 4.69) is 0 Å². The van der Waals surface area contributed by atoms with Crippen LogP contribution in [0.25, 0.3) is 0 Å². The van der Waals surface area contributed by atoms with E-state index in [4.69, 9.17) is 11.6 Å². The number of benzene rings is 2. The Morgan fingerprint density at radius 2 is 1.79 bits per heavy atom. The van der Waals surface area contributed by atoms with Crippen molar-refractivity contribution in [2.45, 2.75) is 24.4 Å². The van der Waals surface area contributed by atoms with E-state index in [0.29, 0.717) is 10.6 Å². The number of rotatable bonds is 6. The molecule has 5 nitrogen and oxygen atoms in total. The van der Waals surface area contributed by atoms with Gasteiger partial charge in [0.05, 0.1) is 4.90 Å². The van der Waals surface area contributed by atoms with E-state index in [9.17, 15) is 22.7 Å². The van der Waals surface area contributed by atoms with Gasteiger partial charge >= 0.3 is 5.97 Å². The van der Waals surface area contributed by atoms with Crippen molar-refractivity contribution in [1.82, 2.24) is 4.31 Å². The highest BCUT2D eigenvalue weighted by molar-refractivity contribution is 7.89. The minimum atomic E-state index is -4.15. The monoisotopic (exact) mass is 371 g/mol. The first kappa shape index (κ1) is 18.4. The van der Waals surface area contributed by atoms with Crippen LogP contribution in [0.5, 0.6) is 0 Å². The van der Waals surface area contributed by atoms with Crippen molar-refractivity contribution in [1.29, 1.82) is 0 Å². The molecule has 2 rings (SSSR count). The lowest BCUT2D eigenvalue weighted by atomic mass is 10.2. The minimum Gasteiger partial charge on any atom is -0.480 e. The second-order valence-electron chi connectivity index (χ2n) is 5.11. The molecule has 0 aliphatic rings. The number of carboxylic acids is 1. The van der Waals surface area contributed by atoms with E-state index in [1.54, 1.807) is 24.3 Å². The van der Waals surface area contributed by atoms with Gasteiger partial charge in [0, 0.05) is 11.6 Å². The van der Waals surface area contributed by atoms with E-state index >= 15 is 0 Å². The molecule has 0 bridgehead atoms. The summed E-state index contributed by atoms with van der Waals surface area (Å²) in [7, 11) is -4.15. The molecule has 0 amide bonds. The molecule has 0 heterocycles. The molecule has 0 fully saturated rings. The fourth-order valence-electron chi connectivity index (χ4n) is 2.09. The predicted octanol–water partition coefficient (Wildman–Crippen LogP) is 3.14. The summed E-state index contributed by atoms with van der Waals surface area (Å²) in [6, 6.07) is 9.45. The van der Waals surface area contributed by atoms with Crippen molar-refractivity contribution in [2.24, 2.45) is 0 Å². The highest BCUT2D eigenvalue weighted by atomic mass is 35.5. The van der Waals surface area contributed by atoms with Gasteiger partial charge in [0.1, 0.15) is 11.9 Å². The number of hydrogen-bond donors (Lipinski definition) is 1. The van der Waals surface area contributed by atoms with Crippen LogP contribution in [-0.4, -0.2) is 29.8 Å². The Morgan fingerprint density at radius 1 is 1.21 bits per heavy atom. The summed E-state index contributed by atoms with van der Waals surface area (Å²) in [6.07, 6.45) is 0. The van der Waals surface area contributed by atoms with Gasteiger partial charge in [0.25, 0.3) is 0 Å².